The third-order valence-electron chi connectivity index (χ3n) is 5.05. The summed E-state index contributed by atoms with van der Waals surface area (Å²) in [5, 5.41) is 4.36. The number of amides is 2. The molecule has 7 heteroatoms. The molecule has 3 aromatic rings. The number of hydrogen-bond acceptors (Lipinski definition) is 4. The van der Waals surface area contributed by atoms with E-state index in [4.69, 9.17) is 16.6 Å². The van der Waals surface area contributed by atoms with E-state index in [1.54, 1.807) is 29.2 Å². The summed E-state index contributed by atoms with van der Waals surface area (Å²) < 4.78 is 0. The normalized spacial score (nSPS) is 14.1. The lowest BCUT2D eigenvalue weighted by Crippen LogP contribution is -2.51. The van der Waals surface area contributed by atoms with Crippen LogP contribution in [0.4, 0.5) is 5.82 Å². The number of nitrogens with zero attached hydrogens (tertiary/aromatic N) is 3. The molecule has 1 fully saturated rings. The molecule has 29 heavy (non-hydrogen) atoms. The highest BCUT2D eigenvalue weighted by atomic mass is 35.5. The highest BCUT2D eigenvalue weighted by Crippen LogP contribution is 2.19. The predicted octanol–water partition coefficient (Wildman–Crippen LogP) is 2.97. The summed E-state index contributed by atoms with van der Waals surface area (Å²) in [4.78, 5) is 33.3. The minimum absolute atomic E-state index is 0.0182. The molecule has 1 N–H and O–H groups in total. The quantitative estimate of drug-likeness (QED) is 0.720. The molecule has 2 heterocycles. The summed E-state index contributed by atoms with van der Waals surface area (Å²) in [5.74, 6) is 0.555. The van der Waals surface area contributed by atoms with E-state index in [1.807, 2.05) is 30.3 Å². The molecule has 148 valence electrons. The molecule has 6 nitrogen and oxygen atoms in total. The molecule has 4 rings (SSSR count). The Morgan fingerprint density at radius 3 is 2.41 bits per heavy atom. The van der Waals surface area contributed by atoms with Crippen LogP contribution in [0.5, 0.6) is 0 Å². The van der Waals surface area contributed by atoms with E-state index < -0.39 is 0 Å². The van der Waals surface area contributed by atoms with E-state index in [1.165, 1.54) is 0 Å². The second-order valence-corrected chi connectivity index (χ2v) is 7.36. The summed E-state index contributed by atoms with van der Waals surface area (Å²) in [6, 6.07) is 18.7. The maximum atomic E-state index is 12.5. The molecular formula is C22H21ClN4O2. The van der Waals surface area contributed by atoms with Crippen LogP contribution in [0.2, 0.25) is 5.02 Å². The van der Waals surface area contributed by atoms with Crippen LogP contribution in [0.25, 0.3) is 10.9 Å². The fourth-order valence-electron chi connectivity index (χ4n) is 3.39. The van der Waals surface area contributed by atoms with Crippen molar-refractivity contribution >= 4 is 40.1 Å². The van der Waals surface area contributed by atoms with E-state index in [-0.39, 0.29) is 18.4 Å². The van der Waals surface area contributed by atoms with Crippen molar-refractivity contribution in [3.63, 3.8) is 0 Å². The molecule has 1 aromatic heterocycles. The Kier molecular flexibility index (Phi) is 5.62. The Bertz CT molecular complexity index is 1030. The number of halogens is 1. The number of rotatable bonds is 4. The first-order chi connectivity index (χ1) is 14.1. The van der Waals surface area contributed by atoms with Crippen molar-refractivity contribution in [2.75, 3.05) is 37.6 Å². The van der Waals surface area contributed by atoms with Crippen LogP contribution in [-0.4, -0.2) is 54.4 Å². The van der Waals surface area contributed by atoms with Gasteiger partial charge in [0.15, 0.2) is 0 Å². The molecule has 1 aliphatic heterocycles. The number of nitrogens with one attached hydrogen (secondary N) is 1. The van der Waals surface area contributed by atoms with E-state index in [0.717, 1.165) is 16.7 Å². The lowest BCUT2D eigenvalue weighted by Gasteiger charge is -2.35. The average molecular weight is 409 g/mol. The minimum Gasteiger partial charge on any atom is -0.353 e. The molecule has 0 aliphatic carbocycles. The van der Waals surface area contributed by atoms with Gasteiger partial charge in [-0.05, 0) is 42.5 Å². The number of hydrogen-bond donors (Lipinski definition) is 1. The van der Waals surface area contributed by atoms with Gasteiger partial charge < -0.3 is 15.1 Å². The summed E-state index contributed by atoms with van der Waals surface area (Å²) in [7, 11) is 0. The van der Waals surface area contributed by atoms with Gasteiger partial charge in [0.2, 0.25) is 5.91 Å². The first-order valence-corrected chi connectivity index (χ1v) is 9.90. The number of piperazine rings is 1. The first-order valence-electron chi connectivity index (χ1n) is 9.52. The van der Waals surface area contributed by atoms with Gasteiger partial charge in [-0.2, -0.15) is 0 Å². The van der Waals surface area contributed by atoms with Crippen LogP contribution in [0.15, 0.2) is 60.7 Å². The van der Waals surface area contributed by atoms with E-state index in [9.17, 15) is 9.59 Å². The van der Waals surface area contributed by atoms with Crippen LogP contribution in [0.1, 0.15) is 10.4 Å². The largest absolute Gasteiger partial charge is 0.353 e. The van der Waals surface area contributed by atoms with E-state index in [2.05, 4.69) is 16.3 Å². The lowest BCUT2D eigenvalue weighted by atomic mass is 10.2. The van der Waals surface area contributed by atoms with Gasteiger partial charge in [0, 0.05) is 42.2 Å². The molecule has 0 spiro atoms. The van der Waals surface area contributed by atoms with Crippen LogP contribution in [0.3, 0.4) is 0 Å². The Hall–Kier alpha value is -3.12. The zero-order chi connectivity index (χ0) is 20.2. The van der Waals surface area contributed by atoms with Crippen molar-refractivity contribution in [1.82, 2.24) is 15.2 Å². The summed E-state index contributed by atoms with van der Waals surface area (Å²) in [6.07, 6.45) is 0. The molecule has 0 saturated carbocycles. The zero-order valence-electron chi connectivity index (χ0n) is 15.8. The third kappa shape index (κ3) is 4.49. The summed E-state index contributed by atoms with van der Waals surface area (Å²) in [6.45, 7) is 2.61. The SMILES string of the molecule is O=C(NCC(=O)N1CCN(c2ccc3ccccc3n2)CC1)c1ccc(Cl)cc1. The Balaban J connectivity index is 1.30. The van der Waals surface area contributed by atoms with Crippen molar-refractivity contribution in [1.29, 1.82) is 0 Å². The molecule has 0 unspecified atom stereocenters. The van der Waals surface area contributed by atoms with Crippen molar-refractivity contribution in [3.8, 4) is 0 Å². The molecule has 2 aromatic carbocycles. The molecule has 0 bridgehead atoms. The highest BCUT2D eigenvalue weighted by Gasteiger charge is 2.22. The maximum absolute atomic E-state index is 12.5. The standard InChI is InChI=1S/C22H21ClN4O2/c23-18-8-5-17(6-9-18)22(29)24-15-21(28)27-13-11-26(12-14-27)20-10-7-16-3-1-2-4-19(16)25-20/h1-10H,11-15H2,(H,24,29). The van der Waals surface area contributed by atoms with Gasteiger partial charge >= 0.3 is 0 Å². The van der Waals surface area contributed by atoms with E-state index >= 15 is 0 Å². The Morgan fingerprint density at radius 1 is 0.931 bits per heavy atom. The Morgan fingerprint density at radius 2 is 1.66 bits per heavy atom. The van der Waals surface area contributed by atoms with Crippen LogP contribution in [-0.2, 0) is 4.79 Å². The molecule has 1 saturated heterocycles. The molecule has 2 amide bonds. The smallest absolute Gasteiger partial charge is 0.251 e. The minimum atomic E-state index is -0.283. The van der Waals surface area contributed by atoms with Crippen LogP contribution >= 0.6 is 11.6 Å². The van der Waals surface area contributed by atoms with Crippen molar-refractivity contribution in [2.45, 2.75) is 0 Å². The second-order valence-electron chi connectivity index (χ2n) is 6.92. The molecular weight excluding hydrogens is 388 g/mol. The fraction of sp³-hybridized carbons (Fsp3) is 0.227. The average Bonchev–Trinajstić information content (AvgIpc) is 2.77. The molecule has 1 aliphatic rings. The van der Waals surface area contributed by atoms with Gasteiger partial charge in [0.1, 0.15) is 5.82 Å². The highest BCUT2D eigenvalue weighted by molar-refractivity contribution is 6.30. The number of anilines is 1. The Labute approximate surface area is 174 Å². The van der Waals surface area contributed by atoms with Gasteiger partial charge in [0.05, 0.1) is 12.1 Å². The number of carbonyl (C=O) groups excluding carboxylic acids is 2. The summed E-state index contributed by atoms with van der Waals surface area (Å²) >= 11 is 5.83. The van der Waals surface area contributed by atoms with Gasteiger partial charge in [-0.3, -0.25) is 9.59 Å². The predicted molar refractivity (Wildman–Crippen MR) is 114 cm³/mol. The van der Waals surface area contributed by atoms with Gasteiger partial charge in [0.25, 0.3) is 5.91 Å². The molecule has 0 radical (unpaired) electrons. The maximum Gasteiger partial charge on any atom is 0.251 e. The summed E-state index contributed by atoms with van der Waals surface area (Å²) in [5.41, 5.74) is 1.45. The van der Waals surface area contributed by atoms with Crippen molar-refractivity contribution < 1.29 is 9.59 Å². The van der Waals surface area contributed by atoms with Crippen LogP contribution < -0.4 is 10.2 Å². The topological polar surface area (TPSA) is 65.5 Å². The third-order valence-corrected chi connectivity index (χ3v) is 5.30. The van der Waals surface area contributed by atoms with Crippen LogP contribution in [0, 0.1) is 0 Å². The zero-order valence-corrected chi connectivity index (χ0v) is 16.6. The fourth-order valence-corrected chi connectivity index (χ4v) is 3.51. The number of benzene rings is 2. The van der Waals surface area contributed by atoms with Gasteiger partial charge in [-0.15, -0.1) is 0 Å². The second kappa shape index (κ2) is 8.49. The van der Waals surface area contributed by atoms with Gasteiger partial charge in [-0.25, -0.2) is 4.98 Å². The molecule has 0 atom stereocenters. The van der Waals surface area contributed by atoms with Gasteiger partial charge in [-0.1, -0.05) is 29.8 Å². The number of para-hydroxylation sites is 1. The number of pyridine rings is 1. The number of carbonyl (C=O) groups is 2. The van der Waals surface area contributed by atoms with Crippen molar-refractivity contribution in [3.05, 3.63) is 71.2 Å². The van der Waals surface area contributed by atoms with Crippen molar-refractivity contribution in [2.24, 2.45) is 0 Å². The monoisotopic (exact) mass is 408 g/mol. The lowest BCUT2D eigenvalue weighted by molar-refractivity contribution is -0.130. The number of fused-ring (bicyclic) bond motifs is 1. The van der Waals surface area contributed by atoms with E-state index in [0.29, 0.717) is 36.8 Å². The first kappa shape index (κ1) is 19.2. The number of aromatic nitrogens is 1.